The van der Waals surface area contributed by atoms with Gasteiger partial charge < -0.3 is 10.1 Å². The van der Waals surface area contributed by atoms with Crippen LogP contribution in [0.1, 0.15) is 6.92 Å². The number of aromatic nitrogens is 1. The van der Waals surface area contributed by atoms with Gasteiger partial charge in [-0.2, -0.15) is 0 Å². The first kappa shape index (κ1) is 10.2. The van der Waals surface area contributed by atoms with Crippen LogP contribution in [0.15, 0.2) is 18.3 Å². The molecule has 70 valence electrons. The molecule has 1 aromatic heterocycles. The summed E-state index contributed by atoms with van der Waals surface area (Å²) in [6, 6.07) is 3.42. The third kappa shape index (κ3) is 3.17. The molecule has 13 heavy (non-hydrogen) atoms. The van der Waals surface area contributed by atoms with Crippen molar-refractivity contribution in [3.8, 4) is 5.75 Å². The molecule has 0 saturated carbocycles. The Morgan fingerprint density at radius 1 is 1.77 bits per heavy atom. The molecule has 0 unspecified atom stereocenters. The summed E-state index contributed by atoms with van der Waals surface area (Å²) in [4.78, 5) is 15.0. The molecule has 0 aliphatic carbocycles. The lowest BCUT2D eigenvalue weighted by atomic mass is 10.5. The van der Waals surface area contributed by atoms with Gasteiger partial charge in [-0.3, -0.25) is 0 Å². The van der Waals surface area contributed by atoms with Crippen molar-refractivity contribution in [2.24, 2.45) is 0 Å². The van der Waals surface area contributed by atoms with E-state index in [1.165, 1.54) is 0 Å². The van der Waals surface area contributed by atoms with Gasteiger partial charge in [-0.15, -0.1) is 0 Å². The number of pyridine rings is 1. The summed E-state index contributed by atoms with van der Waals surface area (Å²) in [5, 5.41) is 2.53. The minimum absolute atomic E-state index is 0.451. The van der Waals surface area contributed by atoms with E-state index >= 15 is 0 Å². The summed E-state index contributed by atoms with van der Waals surface area (Å²) in [5.41, 5.74) is 0. The van der Waals surface area contributed by atoms with E-state index in [9.17, 15) is 4.79 Å². The summed E-state index contributed by atoms with van der Waals surface area (Å²) in [7, 11) is 0. The summed E-state index contributed by atoms with van der Waals surface area (Å²) >= 11 is 2.01. The van der Waals surface area contributed by atoms with Gasteiger partial charge in [-0.25, -0.2) is 9.78 Å². The molecule has 4 nitrogen and oxygen atoms in total. The quantitative estimate of drug-likeness (QED) is 0.668. The van der Waals surface area contributed by atoms with Crippen LogP contribution in [-0.2, 0) is 0 Å². The average Bonchev–Trinajstić information content (AvgIpc) is 2.09. The zero-order valence-corrected chi connectivity index (χ0v) is 9.24. The van der Waals surface area contributed by atoms with Gasteiger partial charge in [0.05, 0.1) is 0 Å². The smallest absolute Gasteiger partial charge is 0.408 e. The molecular weight excluding hydrogens is 283 g/mol. The standard InChI is InChI=1S/C8H9IN2O2/c1-2-10-8(12)13-6-4-3-5-11-7(6)9/h3-5H,2H2,1H3,(H,10,12). The molecule has 0 saturated heterocycles. The number of hydrogen-bond acceptors (Lipinski definition) is 3. The van der Waals surface area contributed by atoms with Gasteiger partial charge in [0.1, 0.15) is 3.70 Å². The van der Waals surface area contributed by atoms with Crippen LogP contribution in [-0.4, -0.2) is 17.6 Å². The Bertz CT molecular complexity index is 304. The summed E-state index contributed by atoms with van der Waals surface area (Å²) < 4.78 is 5.64. The molecule has 1 N–H and O–H groups in total. The van der Waals surface area contributed by atoms with Gasteiger partial charge in [0.2, 0.25) is 0 Å². The number of carbonyl (C=O) groups is 1. The number of nitrogens with zero attached hydrogens (tertiary/aromatic N) is 1. The molecule has 0 radical (unpaired) electrons. The molecule has 0 aliphatic rings. The maximum Gasteiger partial charge on any atom is 0.412 e. The normalized spacial score (nSPS) is 9.38. The minimum Gasteiger partial charge on any atom is -0.408 e. The fourth-order valence-electron chi connectivity index (χ4n) is 0.728. The number of ether oxygens (including phenoxy) is 1. The molecule has 0 aliphatic heterocycles. The van der Waals surface area contributed by atoms with Crippen molar-refractivity contribution >= 4 is 28.7 Å². The highest BCUT2D eigenvalue weighted by Crippen LogP contribution is 2.16. The number of hydrogen-bond donors (Lipinski definition) is 1. The first-order chi connectivity index (χ1) is 6.24. The highest BCUT2D eigenvalue weighted by atomic mass is 127. The second-order valence-electron chi connectivity index (χ2n) is 2.21. The Hall–Kier alpha value is -0.850. The zero-order valence-electron chi connectivity index (χ0n) is 7.08. The van der Waals surface area contributed by atoms with E-state index in [-0.39, 0.29) is 0 Å². The number of rotatable bonds is 2. The maximum absolute atomic E-state index is 11.0. The molecule has 0 atom stereocenters. The van der Waals surface area contributed by atoms with Gasteiger partial charge in [-0.1, -0.05) is 0 Å². The summed E-state index contributed by atoms with van der Waals surface area (Å²) in [6.45, 7) is 2.38. The zero-order chi connectivity index (χ0) is 9.68. The van der Waals surface area contributed by atoms with E-state index < -0.39 is 6.09 Å². The molecule has 5 heteroatoms. The Labute approximate surface area is 89.8 Å². The van der Waals surface area contributed by atoms with E-state index in [0.29, 0.717) is 16.0 Å². The lowest BCUT2D eigenvalue weighted by Crippen LogP contribution is -2.26. The summed E-state index contributed by atoms with van der Waals surface area (Å²) in [5.74, 6) is 0.481. The number of carbonyl (C=O) groups excluding carboxylic acids is 1. The second kappa shape index (κ2) is 5.00. The van der Waals surface area contributed by atoms with Crippen molar-refractivity contribution in [2.75, 3.05) is 6.54 Å². The van der Waals surface area contributed by atoms with E-state index in [1.54, 1.807) is 18.3 Å². The van der Waals surface area contributed by atoms with Crippen LogP contribution in [0, 0.1) is 3.70 Å². The topological polar surface area (TPSA) is 51.2 Å². The van der Waals surface area contributed by atoms with Gasteiger partial charge in [-0.05, 0) is 41.6 Å². The van der Waals surface area contributed by atoms with Gasteiger partial charge in [0.15, 0.2) is 5.75 Å². The van der Waals surface area contributed by atoms with Crippen molar-refractivity contribution in [1.29, 1.82) is 0 Å². The van der Waals surface area contributed by atoms with Gasteiger partial charge in [0, 0.05) is 12.7 Å². The van der Waals surface area contributed by atoms with Crippen molar-refractivity contribution in [2.45, 2.75) is 6.92 Å². The van der Waals surface area contributed by atoms with E-state index in [2.05, 4.69) is 10.3 Å². The Balaban J connectivity index is 2.63. The first-order valence-corrected chi connectivity index (χ1v) is 4.88. The average molecular weight is 292 g/mol. The highest BCUT2D eigenvalue weighted by Gasteiger charge is 2.05. The highest BCUT2D eigenvalue weighted by molar-refractivity contribution is 14.1. The van der Waals surface area contributed by atoms with E-state index in [4.69, 9.17) is 4.74 Å². The van der Waals surface area contributed by atoms with Crippen LogP contribution in [0.25, 0.3) is 0 Å². The van der Waals surface area contributed by atoms with Crippen LogP contribution >= 0.6 is 22.6 Å². The predicted molar refractivity (Wildman–Crippen MR) is 56.7 cm³/mol. The Kier molecular flexibility index (Phi) is 3.94. The van der Waals surface area contributed by atoms with Gasteiger partial charge >= 0.3 is 6.09 Å². The van der Waals surface area contributed by atoms with Crippen molar-refractivity contribution in [1.82, 2.24) is 10.3 Å². The number of halogens is 1. The molecule has 1 amide bonds. The van der Waals surface area contributed by atoms with Crippen molar-refractivity contribution < 1.29 is 9.53 Å². The first-order valence-electron chi connectivity index (χ1n) is 3.80. The lowest BCUT2D eigenvalue weighted by molar-refractivity contribution is 0.200. The fraction of sp³-hybridized carbons (Fsp3) is 0.250. The van der Waals surface area contributed by atoms with E-state index in [1.807, 2.05) is 29.5 Å². The Morgan fingerprint density at radius 3 is 3.15 bits per heavy atom. The van der Waals surface area contributed by atoms with Crippen molar-refractivity contribution in [3.05, 3.63) is 22.0 Å². The SMILES string of the molecule is CCNC(=O)Oc1cccnc1I. The van der Waals surface area contributed by atoms with Gasteiger partial charge in [0.25, 0.3) is 0 Å². The maximum atomic E-state index is 11.0. The molecule has 0 spiro atoms. The summed E-state index contributed by atoms with van der Waals surface area (Å²) in [6.07, 6.45) is 1.19. The van der Waals surface area contributed by atoms with Crippen LogP contribution in [0.5, 0.6) is 5.75 Å². The molecular formula is C8H9IN2O2. The van der Waals surface area contributed by atoms with Crippen LogP contribution in [0.2, 0.25) is 0 Å². The minimum atomic E-state index is -0.451. The van der Waals surface area contributed by atoms with Crippen LogP contribution < -0.4 is 10.1 Å². The third-order valence-electron chi connectivity index (χ3n) is 1.25. The number of amides is 1. The lowest BCUT2D eigenvalue weighted by Gasteiger charge is -2.04. The Morgan fingerprint density at radius 2 is 2.54 bits per heavy atom. The molecule has 0 fully saturated rings. The molecule has 0 bridgehead atoms. The molecule has 1 aromatic rings. The van der Waals surface area contributed by atoms with Crippen LogP contribution in [0.4, 0.5) is 4.79 Å². The second-order valence-corrected chi connectivity index (χ2v) is 3.23. The predicted octanol–water partition coefficient (Wildman–Crippen LogP) is 1.79. The molecule has 1 rings (SSSR count). The third-order valence-corrected chi connectivity index (χ3v) is 2.06. The number of nitrogens with one attached hydrogen (secondary N) is 1. The molecule has 0 aromatic carbocycles. The monoisotopic (exact) mass is 292 g/mol. The fourth-order valence-corrected chi connectivity index (χ4v) is 1.18. The van der Waals surface area contributed by atoms with Crippen LogP contribution in [0.3, 0.4) is 0 Å². The van der Waals surface area contributed by atoms with Crippen molar-refractivity contribution in [3.63, 3.8) is 0 Å². The van der Waals surface area contributed by atoms with E-state index in [0.717, 1.165) is 0 Å². The molecule has 1 heterocycles. The largest absolute Gasteiger partial charge is 0.412 e.